The summed E-state index contributed by atoms with van der Waals surface area (Å²) < 4.78 is 0. The molecule has 0 unspecified atom stereocenters. The van der Waals surface area contributed by atoms with E-state index in [9.17, 15) is 0 Å². The molecule has 2 N–H and O–H groups in total. The van der Waals surface area contributed by atoms with Gasteiger partial charge in [-0.25, -0.2) is 9.97 Å². The van der Waals surface area contributed by atoms with Crippen LogP contribution in [0.5, 0.6) is 0 Å². The molecule has 0 spiro atoms. The third kappa shape index (κ3) is 2.99. The Hall–Kier alpha value is -1.32. The number of halogens is 2. The van der Waals surface area contributed by atoms with Gasteiger partial charge in [-0.15, -0.1) is 0 Å². The Morgan fingerprint density at radius 3 is 2.26 bits per heavy atom. The zero-order valence-corrected chi connectivity index (χ0v) is 12.4. The molecule has 0 radical (unpaired) electrons. The van der Waals surface area contributed by atoms with E-state index in [4.69, 9.17) is 28.9 Å². The lowest BCUT2D eigenvalue weighted by Gasteiger charge is -2.10. The number of aryl methyl sites for hydroxylation is 1. The average molecular weight is 296 g/mol. The minimum Gasteiger partial charge on any atom is -0.383 e. The first kappa shape index (κ1) is 14.1. The Morgan fingerprint density at radius 1 is 1.11 bits per heavy atom. The number of benzene rings is 1. The molecule has 0 bridgehead atoms. The Kier molecular flexibility index (Phi) is 4.27. The molecule has 0 atom stereocenters. The molecule has 0 saturated carbocycles. The summed E-state index contributed by atoms with van der Waals surface area (Å²) in [5.41, 5.74) is 8.68. The van der Waals surface area contributed by atoms with Crippen LogP contribution in [0.1, 0.15) is 29.6 Å². The van der Waals surface area contributed by atoms with Gasteiger partial charge in [-0.1, -0.05) is 36.2 Å². The first-order valence-electron chi connectivity index (χ1n) is 6.07. The van der Waals surface area contributed by atoms with E-state index in [1.54, 1.807) is 12.1 Å². The van der Waals surface area contributed by atoms with Gasteiger partial charge in [-0.3, -0.25) is 0 Å². The van der Waals surface area contributed by atoms with Crippen LogP contribution in [0.3, 0.4) is 0 Å². The first-order chi connectivity index (χ1) is 9.02. The van der Waals surface area contributed by atoms with Crippen LogP contribution in [-0.2, 0) is 12.8 Å². The lowest BCUT2D eigenvalue weighted by Crippen LogP contribution is -2.07. The van der Waals surface area contributed by atoms with Crippen molar-refractivity contribution in [3.8, 4) is 0 Å². The molecule has 0 amide bonds. The molecule has 0 aliphatic heterocycles. The summed E-state index contributed by atoms with van der Waals surface area (Å²) in [4.78, 5) is 8.81. The fraction of sp³-hybridized carbons (Fsp3) is 0.286. The van der Waals surface area contributed by atoms with Gasteiger partial charge in [0, 0.05) is 27.7 Å². The lowest BCUT2D eigenvalue weighted by molar-refractivity contribution is 0.913. The van der Waals surface area contributed by atoms with Gasteiger partial charge in [0.05, 0.1) is 0 Å². The van der Waals surface area contributed by atoms with Crippen molar-refractivity contribution in [2.24, 2.45) is 0 Å². The minimum absolute atomic E-state index is 0.480. The molecular weight excluding hydrogens is 281 g/mol. The van der Waals surface area contributed by atoms with E-state index in [1.165, 1.54) is 0 Å². The van der Waals surface area contributed by atoms with Crippen molar-refractivity contribution >= 4 is 29.0 Å². The average Bonchev–Trinajstić information content (AvgIpc) is 2.34. The third-order valence-electron chi connectivity index (χ3n) is 3.04. The Balaban J connectivity index is 2.39. The van der Waals surface area contributed by atoms with Gasteiger partial charge < -0.3 is 5.73 Å². The lowest BCUT2D eigenvalue weighted by atomic mass is 10.1. The van der Waals surface area contributed by atoms with E-state index in [-0.39, 0.29) is 0 Å². The fourth-order valence-electron chi connectivity index (χ4n) is 2.05. The highest BCUT2D eigenvalue weighted by atomic mass is 35.5. The van der Waals surface area contributed by atoms with E-state index < -0.39 is 0 Å². The molecule has 100 valence electrons. The van der Waals surface area contributed by atoms with Crippen molar-refractivity contribution in [2.45, 2.75) is 26.7 Å². The zero-order chi connectivity index (χ0) is 14.0. The van der Waals surface area contributed by atoms with Crippen molar-refractivity contribution in [1.29, 1.82) is 0 Å². The second kappa shape index (κ2) is 5.76. The van der Waals surface area contributed by atoms with Crippen molar-refractivity contribution in [1.82, 2.24) is 9.97 Å². The molecule has 5 heteroatoms. The highest BCUT2D eigenvalue weighted by Crippen LogP contribution is 2.26. The number of nitrogen functional groups attached to an aromatic ring is 1. The maximum absolute atomic E-state index is 6.15. The molecule has 1 aromatic carbocycles. The van der Waals surface area contributed by atoms with Crippen LogP contribution in [0, 0.1) is 6.92 Å². The van der Waals surface area contributed by atoms with Crippen LogP contribution < -0.4 is 5.73 Å². The van der Waals surface area contributed by atoms with Crippen molar-refractivity contribution in [2.75, 3.05) is 5.73 Å². The molecule has 0 fully saturated rings. The number of anilines is 1. The van der Waals surface area contributed by atoms with Gasteiger partial charge in [0.1, 0.15) is 11.6 Å². The standard InChI is InChI=1S/C14H15Cl2N3/c1-3-9-8(2)18-13(19-14(9)17)7-10-11(15)5-4-6-12(10)16/h4-6H,3,7H2,1-2H3,(H2,17,18,19). The zero-order valence-electron chi connectivity index (χ0n) is 10.9. The number of rotatable bonds is 3. The number of nitrogens with zero attached hydrogens (tertiary/aromatic N) is 2. The third-order valence-corrected chi connectivity index (χ3v) is 3.75. The largest absolute Gasteiger partial charge is 0.383 e. The Morgan fingerprint density at radius 2 is 1.74 bits per heavy atom. The second-order valence-electron chi connectivity index (χ2n) is 4.32. The predicted octanol–water partition coefficient (Wildman–Crippen LogP) is 3.83. The smallest absolute Gasteiger partial charge is 0.135 e. The van der Waals surface area contributed by atoms with Crippen LogP contribution in [0.15, 0.2) is 18.2 Å². The van der Waals surface area contributed by atoms with Gasteiger partial charge in [-0.05, 0) is 31.0 Å². The number of hydrogen-bond donors (Lipinski definition) is 1. The molecule has 19 heavy (non-hydrogen) atoms. The Labute approximate surface area is 122 Å². The highest BCUT2D eigenvalue weighted by Gasteiger charge is 2.11. The summed E-state index contributed by atoms with van der Waals surface area (Å²) in [5, 5.41) is 1.23. The van der Waals surface area contributed by atoms with Crippen molar-refractivity contribution in [3.63, 3.8) is 0 Å². The Bertz CT molecular complexity index is 568. The molecule has 1 aromatic heterocycles. The quantitative estimate of drug-likeness (QED) is 0.936. The van der Waals surface area contributed by atoms with Crippen LogP contribution in [0.4, 0.5) is 5.82 Å². The summed E-state index contributed by atoms with van der Waals surface area (Å²) in [7, 11) is 0. The number of hydrogen-bond acceptors (Lipinski definition) is 3. The van der Waals surface area contributed by atoms with Crippen molar-refractivity contribution < 1.29 is 0 Å². The summed E-state index contributed by atoms with van der Waals surface area (Å²) in [6.07, 6.45) is 1.30. The van der Waals surface area contributed by atoms with Crippen LogP contribution in [0.2, 0.25) is 10.0 Å². The second-order valence-corrected chi connectivity index (χ2v) is 5.13. The van der Waals surface area contributed by atoms with Crippen LogP contribution >= 0.6 is 23.2 Å². The topological polar surface area (TPSA) is 51.8 Å². The fourth-order valence-corrected chi connectivity index (χ4v) is 2.58. The molecule has 0 aliphatic carbocycles. The monoisotopic (exact) mass is 295 g/mol. The molecule has 2 rings (SSSR count). The first-order valence-corrected chi connectivity index (χ1v) is 6.83. The molecule has 0 saturated heterocycles. The van der Waals surface area contributed by atoms with Gasteiger partial charge in [0.15, 0.2) is 0 Å². The van der Waals surface area contributed by atoms with Gasteiger partial charge in [0.2, 0.25) is 0 Å². The van der Waals surface area contributed by atoms with E-state index in [0.29, 0.717) is 28.1 Å². The maximum Gasteiger partial charge on any atom is 0.135 e. The van der Waals surface area contributed by atoms with Crippen LogP contribution in [-0.4, -0.2) is 9.97 Å². The van der Waals surface area contributed by atoms with E-state index >= 15 is 0 Å². The van der Waals surface area contributed by atoms with Gasteiger partial charge in [0.25, 0.3) is 0 Å². The van der Waals surface area contributed by atoms with Gasteiger partial charge >= 0.3 is 0 Å². The van der Waals surface area contributed by atoms with E-state index in [0.717, 1.165) is 23.2 Å². The molecule has 3 nitrogen and oxygen atoms in total. The minimum atomic E-state index is 0.480. The molecule has 0 aliphatic rings. The summed E-state index contributed by atoms with van der Waals surface area (Å²) in [6.45, 7) is 3.97. The predicted molar refractivity (Wildman–Crippen MR) is 79.8 cm³/mol. The van der Waals surface area contributed by atoms with E-state index in [1.807, 2.05) is 19.9 Å². The highest BCUT2D eigenvalue weighted by molar-refractivity contribution is 6.36. The summed E-state index contributed by atoms with van der Waals surface area (Å²) >= 11 is 12.3. The summed E-state index contributed by atoms with van der Waals surface area (Å²) in [5.74, 6) is 1.18. The normalized spacial score (nSPS) is 10.7. The van der Waals surface area contributed by atoms with Gasteiger partial charge in [-0.2, -0.15) is 0 Å². The van der Waals surface area contributed by atoms with Crippen LogP contribution in [0.25, 0.3) is 0 Å². The van der Waals surface area contributed by atoms with Crippen molar-refractivity contribution in [3.05, 3.63) is 50.9 Å². The molecule has 2 aromatic rings. The number of aromatic nitrogens is 2. The SMILES string of the molecule is CCc1c(C)nc(Cc2c(Cl)cccc2Cl)nc1N. The maximum atomic E-state index is 6.15. The van der Waals surface area contributed by atoms with E-state index in [2.05, 4.69) is 9.97 Å². The number of nitrogens with two attached hydrogens (primary N) is 1. The summed E-state index contributed by atoms with van der Waals surface area (Å²) in [6, 6.07) is 5.42. The molecule has 1 heterocycles. The molecular formula is C14H15Cl2N3.